The highest BCUT2D eigenvalue weighted by atomic mass is 19.1. The van der Waals surface area contributed by atoms with E-state index in [1.807, 2.05) is 12.1 Å². The lowest BCUT2D eigenvalue weighted by Gasteiger charge is -2.34. The van der Waals surface area contributed by atoms with E-state index in [2.05, 4.69) is 27.7 Å². The zero-order chi connectivity index (χ0) is 13.9. The summed E-state index contributed by atoms with van der Waals surface area (Å²) in [5.74, 6) is 0.360. The van der Waals surface area contributed by atoms with Crippen LogP contribution in [0.1, 0.15) is 11.6 Å². The van der Waals surface area contributed by atoms with Crippen molar-refractivity contribution in [3.8, 4) is 0 Å². The number of rotatable bonds is 3. The van der Waals surface area contributed by atoms with Gasteiger partial charge in [0, 0.05) is 45.2 Å². The van der Waals surface area contributed by atoms with Crippen molar-refractivity contribution in [3.05, 3.63) is 35.6 Å². The largest absolute Gasteiger partial charge is 0.304 e. The second-order valence-corrected chi connectivity index (χ2v) is 5.92. The van der Waals surface area contributed by atoms with E-state index in [0.29, 0.717) is 5.92 Å². The summed E-state index contributed by atoms with van der Waals surface area (Å²) in [6.45, 7) is 6.64. The molecule has 5 heteroatoms. The number of nitrogens with one attached hydrogen (secondary N) is 2. The third-order valence-corrected chi connectivity index (χ3v) is 4.41. The molecule has 0 aliphatic carbocycles. The van der Waals surface area contributed by atoms with Crippen LogP contribution in [-0.4, -0.2) is 56.1 Å². The van der Waals surface area contributed by atoms with Crippen LogP contribution in [0.25, 0.3) is 0 Å². The smallest absolute Gasteiger partial charge is 0.123 e. The van der Waals surface area contributed by atoms with Crippen LogP contribution >= 0.6 is 0 Å². The molecule has 0 aromatic heterocycles. The molecule has 1 aromatic rings. The van der Waals surface area contributed by atoms with Gasteiger partial charge in [-0.25, -0.2) is 9.82 Å². The van der Waals surface area contributed by atoms with Crippen molar-refractivity contribution < 1.29 is 4.39 Å². The van der Waals surface area contributed by atoms with E-state index in [4.69, 9.17) is 0 Å². The van der Waals surface area contributed by atoms with Crippen LogP contribution < -0.4 is 10.9 Å². The Hall–Kier alpha value is -1.01. The summed E-state index contributed by atoms with van der Waals surface area (Å²) >= 11 is 0. The van der Waals surface area contributed by atoms with Crippen LogP contribution in [0, 0.1) is 11.7 Å². The Morgan fingerprint density at radius 2 is 1.85 bits per heavy atom. The van der Waals surface area contributed by atoms with E-state index in [9.17, 15) is 4.39 Å². The van der Waals surface area contributed by atoms with Gasteiger partial charge < -0.3 is 9.80 Å². The normalized spacial score (nSPS) is 28.9. The number of halogens is 1. The summed E-state index contributed by atoms with van der Waals surface area (Å²) in [6, 6.07) is 7.13. The molecule has 3 rings (SSSR count). The quantitative estimate of drug-likeness (QED) is 0.858. The van der Waals surface area contributed by atoms with Crippen molar-refractivity contribution in [2.75, 3.05) is 46.3 Å². The number of piperazine rings is 1. The first-order chi connectivity index (χ1) is 9.72. The number of likely N-dealkylation sites (N-methyl/N-ethyl adjacent to an activating group) is 1. The summed E-state index contributed by atoms with van der Waals surface area (Å²) < 4.78 is 13.0. The van der Waals surface area contributed by atoms with Gasteiger partial charge in [-0.3, -0.25) is 5.43 Å². The van der Waals surface area contributed by atoms with Gasteiger partial charge in [-0.15, -0.1) is 0 Å². The zero-order valence-corrected chi connectivity index (χ0v) is 12.0. The first-order valence-corrected chi connectivity index (χ1v) is 7.37. The Kier molecular flexibility index (Phi) is 4.31. The molecule has 0 amide bonds. The van der Waals surface area contributed by atoms with Gasteiger partial charge >= 0.3 is 0 Å². The fourth-order valence-electron chi connectivity index (χ4n) is 3.09. The molecule has 2 N–H and O–H groups in total. The third kappa shape index (κ3) is 3.17. The highest BCUT2D eigenvalue weighted by Crippen LogP contribution is 2.26. The van der Waals surface area contributed by atoms with Crippen LogP contribution in [0.4, 0.5) is 4.39 Å². The van der Waals surface area contributed by atoms with Gasteiger partial charge in [-0.2, -0.15) is 0 Å². The van der Waals surface area contributed by atoms with Crippen molar-refractivity contribution >= 4 is 0 Å². The summed E-state index contributed by atoms with van der Waals surface area (Å²) in [5, 5.41) is 0. The van der Waals surface area contributed by atoms with Crippen molar-refractivity contribution in [1.82, 2.24) is 20.7 Å². The van der Waals surface area contributed by atoms with Crippen molar-refractivity contribution in [2.24, 2.45) is 5.92 Å². The van der Waals surface area contributed by atoms with Gasteiger partial charge in [0.2, 0.25) is 0 Å². The van der Waals surface area contributed by atoms with Crippen molar-refractivity contribution in [3.63, 3.8) is 0 Å². The first-order valence-electron chi connectivity index (χ1n) is 7.37. The Labute approximate surface area is 119 Å². The molecule has 2 atom stereocenters. The Bertz CT molecular complexity index is 428. The van der Waals surface area contributed by atoms with E-state index in [-0.39, 0.29) is 11.9 Å². The topological polar surface area (TPSA) is 30.5 Å². The number of hydrazine groups is 1. The summed E-state index contributed by atoms with van der Waals surface area (Å²) in [5.41, 5.74) is 7.75. The van der Waals surface area contributed by atoms with E-state index >= 15 is 0 Å². The molecular formula is C15H23FN4. The second-order valence-electron chi connectivity index (χ2n) is 5.92. The van der Waals surface area contributed by atoms with Crippen LogP contribution in [0.2, 0.25) is 0 Å². The van der Waals surface area contributed by atoms with Gasteiger partial charge in [0.25, 0.3) is 0 Å². The van der Waals surface area contributed by atoms with E-state index in [1.165, 1.54) is 0 Å². The van der Waals surface area contributed by atoms with Crippen LogP contribution in [0.15, 0.2) is 24.3 Å². The maximum atomic E-state index is 13.0. The van der Waals surface area contributed by atoms with Crippen molar-refractivity contribution in [1.29, 1.82) is 0 Å². The predicted octanol–water partition coefficient (Wildman–Crippen LogP) is 0.838. The van der Waals surface area contributed by atoms with E-state index < -0.39 is 0 Å². The van der Waals surface area contributed by atoms with Gasteiger partial charge in [0.15, 0.2) is 0 Å². The van der Waals surface area contributed by atoms with Crippen LogP contribution in [-0.2, 0) is 0 Å². The van der Waals surface area contributed by atoms with Gasteiger partial charge in [-0.1, -0.05) is 12.1 Å². The third-order valence-electron chi connectivity index (χ3n) is 4.41. The SMILES string of the molecule is CN1CCN(CC2CNNC2c2ccc(F)cc2)CC1. The van der Waals surface area contributed by atoms with Crippen LogP contribution in [0.3, 0.4) is 0 Å². The zero-order valence-electron chi connectivity index (χ0n) is 12.0. The predicted molar refractivity (Wildman–Crippen MR) is 77.7 cm³/mol. The lowest BCUT2D eigenvalue weighted by atomic mass is 9.94. The van der Waals surface area contributed by atoms with Gasteiger partial charge in [0.1, 0.15) is 5.82 Å². The van der Waals surface area contributed by atoms with Gasteiger partial charge in [0.05, 0.1) is 6.04 Å². The molecule has 2 saturated heterocycles. The molecule has 2 aliphatic heterocycles. The van der Waals surface area contributed by atoms with Gasteiger partial charge in [-0.05, 0) is 24.7 Å². The molecule has 1 aromatic carbocycles. The Morgan fingerprint density at radius 1 is 1.15 bits per heavy atom. The minimum absolute atomic E-state index is 0.171. The lowest BCUT2D eigenvalue weighted by Crippen LogP contribution is -2.46. The monoisotopic (exact) mass is 278 g/mol. The fourth-order valence-corrected chi connectivity index (χ4v) is 3.09. The maximum Gasteiger partial charge on any atom is 0.123 e. The second kappa shape index (κ2) is 6.18. The molecule has 2 heterocycles. The molecule has 0 spiro atoms. The molecule has 4 nitrogen and oxygen atoms in total. The lowest BCUT2D eigenvalue weighted by molar-refractivity contribution is 0.134. The van der Waals surface area contributed by atoms with E-state index in [1.54, 1.807) is 12.1 Å². The average Bonchev–Trinajstić information content (AvgIpc) is 2.90. The number of nitrogens with zero attached hydrogens (tertiary/aromatic N) is 2. The highest BCUT2D eigenvalue weighted by Gasteiger charge is 2.30. The Balaban J connectivity index is 1.62. The summed E-state index contributed by atoms with van der Waals surface area (Å²) in [7, 11) is 2.18. The number of benzene rings is 1. The minimum Gasteiger partial charge on any atom is -0.304 e. The number of hydrogen-bond acceptors (Lipinski definition) is 4. The molecule has 0 radical (unpaired) electrons. The summed E-state index contributed by atoms with van der Waals surface area (Å²) in [4.78, 5) is 4.91. The average molecular weight is 278 g/mol. The molecule has 20 heavy (non-hydrogen) atoms. The highest BCUT2D eigenvalue weighted by molar-refractivity contribution is 5.21. The number of hydrogen-bond donors (Lipinski definition) is 2. The van der Waals surface area contributed by atoms with E-state index in [0.717, 1.165) is 44.8 Å². The molecular weight excluding hydrogens is 255 g/mol. The van der Waals surface area contributed by atoms with Crippen LogP contribution in [0.5, 0.6) is 0 Å². The molecule has 2 fully saturated rings. The minimum atomic E-state index is -0.171. The first kappa shape index (κ1) is 13.9. The molecule has 0 bridgehead atoms. The molecule has 110 valence electrons. The molecule has 2 unspecified atom stereocenters. The fraction of sp³-hybridized carbons (Fsp3) is 0.600. The maximum absolute atomic E-state index is 13.0. The Morgan fingerprint density at radius 3 is 2.55 bits per heavy atom. The van der Waals surface area contributed by atoms with Crippen molar-refractivity contribution in [2.45, 2.75) is 6.04 Å². The summed E-state index contributed by atoms with van der Waals surface area (Å²) in [6.07, 6.45) is 0. The molecule has 2 aliphatic rings. The molecule has 0 saturated carbocycles. The standard InChI is InChI=1S/C15H23FN4/c1-19-6-8-20(9-7-19)11-13-10-17-18-15(13)12-2-4-14(16)5-3-12/h2-5,13,15,17-18H,6-11H2,1H3.